The Morgan fingerprint density at radius 3 is 2.53 bits per heavy atom. The van der Waals surface area contributed by atoms with Gasteiger partial charge in [-0.1, -0.05) is 26.7 Å². The van der Waals surface area contributed by atoms with Crippen molar-refractivity contribution in [2.45, 2.75) is 71.0 Å². The Balaban J connectivity index is 2.23. The normalized spacial score (nSPS) is 20.3. The molecule has 0 aliphatic heterocycles. The summed E-state index contributed by atoms with van der Waals surface area (Å²) in [4.78, 5) is 11.5. The lowest BCUT2D eigenvalue weighted by Gasteiger charge is -2.35. The van der Waals surface area contributed by atoms with Crippen LogP contribution in [0.5, 0.6) is 0 Å². The zero-order valence-corrected chi connectivity index (χ0v) is 14.1. The number of hydrogen-bond acceptors (Lipinski definition) is 2. The third-order valence-corrected chi connectivity index (χ3v) is 8.96. The minimum absolute atomic E-state index is 0.241. The summed E-state index contributed by atoms with van der Waals surface area (Å²) in [5.41, 5.74) is 0. The standard InChI is InChI=1S/C16H28O2Si/c1-16(2,3)19(4,5)18-13-8-6-7-10-14-11-9-12-15(14)17/h14H,7,9-13H2,1-5H3. The molecule has 1 atom stereocenters. The molecule has 0 aromatic heterocycles. The lowest BCUT2D eigenvalue weighted by atomic mass is 10.0. The van der Waals surface area contributed by atoms with E-state index in [4.69, 9.17) is 4.43 Å². The van der Waals surface area contributed by atoms with E-state index in [2.05, 4.69) is 45.7 Å². The van der Waals surface area contributed by atoms with Gasteiger partial charge in [0.1, 0.15) is 5.78 Å². The summed E-state index contributed by atoms with van der Waals surface area (Å²) in [6.07, 6.45) is 4.70. The van der Waals surface area contributed by atoms with Gasteiger partial charge in [-0.2, -0.15) is 0 Å². The van der Waals surface area contributed by atoms with Crippen LogP contribution in [-0.4, -0.2) is 20.7 Å². The van der Waals surface area contributed by atoms with Gasteiger partial charge in [0.05, 0.1) is 6.61 Å². The highest BCUT2D eigenvalue weighted by Gasteiger charge is 2.36. The summed E-state index contributed by atoms with van der Waals surface area (Å²) in [7, 11) is -1.66. The molecule has 0 amide bonds. The van der Waals surface area contributed by atoms with E-state index >= 15 is 0 Å². The van der Waals surface area contributed by atoms with Gasteiger partial charge >= 0.3 is 0 Å². The second-order valence-electron chi connectivity index (χ2n) is 7.00. The lowest BCUT2D eigenvalue weighted by molar-refractivity contribution is -0.120. The third kappa shape index (κ3) is 5.12. The molecule has 1 unspecified atom stereocenters. The van der Waals surface area contributed by atoms with Gasteiger partial charge < -0.3 is 4.43 Å². The average Bonchev–Trinajstić information content (AvgIpc) is 2.67. The maximum atomic E-state index is 11.5. The molecule has 19 heavy (non-hydrogen) atoms. The first kappa shape index (κ1) is 16.5. The molecule has 0 aromatic carbocycles. The van der Waals surface area contributed by atoms with Crippen LogP contribution in [0.2, 0.25) is 18.1 Å². The molecular weight excluding hydrogens is 252 g/mol. The smallest absolute Gasteiger partial charge is 0.193 e. The maximum Gasteiger partial charge on any atom is 0.193 e. The molecule has 0 heterocycles. The Morgan fingerprint density at radius 1 is 1.32 bits per heavy atom. The molecule has 1 saturated carbocycles. The highest BCUT2D eigenvalue weighted by atomic mass is 28.4. The SMILES string of the molecule is CC(C)(C)[Si](C)(C)OCC#CCCC1CCCC1=O. The van der Waals surface area contributed by atoms with Crippen molar-refractivity contribution < 1.29 is 9.22 Å². The van der Waals surface area contributed by atoms with E-state index in [0.29, 0.717) is 12.4 Å². The first-order chi connectivity index (χ1) is 8.74. The van der Waals surface area contributed by atoms with Gasteiger partial charge in [-0.05, 0) is 37.4 Å². The van der Waals surface area contributed by atoms with Gasteiger partial charge in [-0.15, -0.1) is 5.92 Å². The molecule has 0 spiro atoms. The van der Waals surface area contributed by atoms with Crippen LogP contribution in [0.3, 0.4) is 0 Å². The van der Waals surface area contributed by atoms with E-state index < -0.39 is 8.32 Å². The van der Waals surface area contributed by atoms with E-state index in [-0.39, 0.29) is 11.0 Å². The molecule has 0 radical (unpaired) electrons. The van der Waals surface area contributed by atoms with E-state index in [1.165, 1.54) is 0 Å². The Kier molecular flexibility index (Phi) is 5.82. The number of hydrogen-bond donors (Lipinski definition) is 0. The molecule has 0 bridgehead atoms. The molecule has 1 aliphatic rings. The highest BCUT2D eigenvalue weighted by Crippen LogP contribution is 2.36. The Bertz CT molecular complexity index is 368. The summed E-state index contributed by atoms with van der Waals surface area (Å²) < 4.78 is 5.99. The lowest BCUT2D eigenvalue weighted by Crippen LogP contribution is -2.40. The Labute approximate surface area is 119 Å². The highest BCUT2D eigenvalue weighted by molar-refractivity contribution is 6.74. The zero-order valence-electron chi connectivity index (χ0n) is 13.1. The molecule has 1 fully saturated rings. The van der Waals surface area contributed by atoms with Crippen LogP contribution in [0.15, 0.2) is 0 Å². The predicted octanol–water partition coefficient (Wildman–Crippen LogP) is 4.16. The van der Waals surface area contributed by atoms with Crippen LogP contribution in [0.4, 0.5) is 0 Å². The quantitative estimate of drug-likeness (QED) is 0.571. The summed E-state index contributed by atoms with van der Waals surface area (Å²) in [5.74, 6) is 6.99. The van der Waals surface area contributed by atoms with Gasteiger partial charge in [0.2, 0.25) is 0 Å². The Morgan fingerprint density at radius 2 is 2.00 bits per heavy atom. The second-order valence-corrected chi connectivity index (χ2v) is 11.8. The van der Waals surface area contributed by atoms with Crippen molar-refractivity contribution in [1.82, 2.24) is 0 Å². The van der Waals surface area contributed by atoms with E-state index in [1.807, 2.05) is 0 Å². The van der Waals surface area contributed by atoms with Crippen molar-refractivity contribution in [2.75, 3.05) is 6.61 Å². The molecule has 0 aromatic rings. The van der Waals surface area contributed by atoms with E-state index in [0.717, 1.165) is 32.1 Å². The fraction of sp³-hybridized carbons (Fsp3) is 0.812. The first-order valence-corrected chi connectivity index (χ1v) is 10.3. The van der Waals surface area contributed by atoms with E-state index in [9.17, 15) is 4.79 Å². The van der Waals surface area contributed by atoms with Crippen molar-refractivity contribution in [3.8, 4) is 11.8 Å². The molecule has 2 nitrogen and oxygen atoms in total. The number of rotatable bonds is 4. The fourth-order valence-electron chi connectivity index (χ4n) is 2.01. The largest absolute Gasteiger partial charge is 0.406 e. The molecule has 1 aliphatic carbocycles. The van der Waals surface area contributed by atoms with Crippen molar-refractivity contribution in [3.63, 3.8) is 0 Å². The van der Waals surface area contributed by atoms with Crippen molar-refractivity contribution >= 4 is 14.1 Å². The first-order valence-electron chi connectivity index (χ1n) is 7.36. The summed E-state index contributed by atoms with van der Waals surface area (Å²) in [5, 5.41) is 0.241. The number of carbonyl (C=O) groups is 1. The molecule has 1 rings (SSSR count). The van der Waals surface area contributed by atoms with E-state index in [1.54, 1.807) is 0 Å². The van der Waals surface area contributed by atoms with Crippen LogP contribution in [0.25, 0.3) is 0 Å². The van der Waals surface area contributed by atoms with Crippen molar-refractivity contribution in [3.05, 3.63) is 0 Å². The molecule has 3 heteroatoms. The van der Waals surface area contributed by atoms with Crippen molar-refractivity contribution in [1.29, 1.82) is 0 Å². The van der Waals surface area contributed by atoms with Crippen LogP contribution < -0.4 is 0 Å². The minimum Gasteiger partial charge on any atom is -0.406 e. The summed E-state index contributed by atoms with van der Waals surface area (Å²) in [6, 6.07) is 0. The summed E-state index contributed by atoms with van der Waals surface area (Å²) >= 11 is 0. The maximum absolute atomic E-state index is 11.5. The van der Waals surface area contributed by atoms with Crippen LogP contribution in [-0.2, 0) is 9.22 Å². The van der Waals surface area contributed by atoms with Gasteiger partial charge in [0.25, 0.3) is 0 Å². The van der Waals surface area contributed by atoms with Gasteiger partial charge in [0.15, 0.2) is 8.32 Å². The fourth-order valence-corrected chi connectivity index (χ4v) is 2.88. The molecule has 0 N–H and O–H groups in total. The monoisotopic (exact) mass is 280 g/mol. The topological polar surface area (TPSA) is 26.3 Å². The number of Topliss-reactive ketones (excluding diaryl/α,β-unsaturated/α-hetero) is 1. The Hall–Kier alpha value is -0.593. The van der Waals surface area contributed by atoms with Gasteiger partial charge in [-0.25, -0.2) is 0 Å². The number of carbonyl (C=O) groups excluding carboxylic acids is 1. The van der Waals surface area contributed by atoms with Crippen LogP contribution in [0, 0.1) is 17.8 Å². The minimum atomic E-state index is -1.66. The molecular formula is C16H28O2Si. The van der Waals surface area contributed by atoms with Crippen LogP contribution >= 0.6 is 0 Å². The van der Waals surface area contributed by atoms with Gasteiger partial charge in [-0.3, -0.25) is 4.79 Å². The summed E-state index contributed by atoms with van der Waals surface area (Å²) in [6.45, 7) is 11.7. The molecule has 108 valence electrons. The van der Waals surface area contributed by atoms with Crippen LogP contribution in [0.1, 0.15) is 52.9 Å². The van der Waals surface area contributed by atoms with Crippen molar-refractivity contribution in [2.24, 2.45) is 5.92 Å². The third-order valence-electron chi connectivity index (χ3n) is 4.49. The second kappa shape index (κ2) is 6.72. The van der Waals surface area contributed by atoms with Gasteiger partial charge in [0, 0.05) is 18.8 Å². The average molecular weight is 280 g/mol. The predicted molar refractivity (Wildman–Crippen MR) is 82.5 cm³/mol. The zero-order chi connectivity index (χ0) is 14.5. The number of ketones is 1. The molecule has 0 saturated heterocycles.